The minimum atomic E-state index is -4.45. The zero-order valence-corrected chi connectivity index (χ0v) is 18.6. The number of thioether (sulfide) groups is 1. The highest BCUT2D eigenvalue weighted by Gasteiger charge is 2.33. The fourth-order valence-corrected chi connectivity index (χ4v) is 4.66. The van der Waals surface area contributed by atoms with Gasteiger partial charge in [-0.1, -0.05) is 23.9 Å². The van der Waals surface area contributed by atoms with E-state index >= 15 is 0 Å². The van der Waals surface area contributed by atoms with Gasteiger partial charge < -0.3 is 19.4 Å². The summed E-state index contributed by atoms with van der Waals surface area (Å²) in [5.74, 6) is -0.446. The number of carbonyl (C=O) groups is 1. The van der Waals surface area contributed by atoms with Crippen LogP contribution in [0.25, 0.3) is 0 Å². The molecule has 2 aromatic rings. The maximum absolute atomic E-state index is 14.0. The molecule has 180 valence electrons. The number of hydrogen-bond donors (Lipinski definition) is 0. The number of rotatable bonds is 6. The number of piperazine rings is 1. The van der Waals surface area contributed by atoms with Gasteiger partial charge in [-0.05, 0) is 12.1 Å². The van der Waals surface area contributed by atoms with Gasteiger partial charge >= 0.3 is 6.18 Å². The van der Waals surface area contributed by atoms with Crippen molar-refractivity contribution in [2.75, 3.05) is 68.0 Å². The fourth-order valence-electron chi connectivity index (χ4n) is 3.83. The van der Waals surface area contributed by atoms with Crippen molar-refractivity contribution in [3.8, 4) is 0 Å². The van der Waals surface area contributed by atoms with E-state index in [1.807, 2.05) is 4.90 Å². The molecule has 1 amide bonds. The maximum Gasteiger partial charge on any atom is 0.406 e. The molecule has 1 aromatic heterocycles. The highest BCUT2D eigenvalue weighted by atomic mass is 32.2. The number of hydrogen-bond acceptors (Lipinski definition) is 7. The van der Waals surface area contributed by atoms with Crippen LogP contribution in [-0.2, 0) is 16.1 Å². The Kier molecular flexibility index (Phi) is 7.27. The lowest BCUT2D eigenvalue weighted by Crippen LogP contribution is -2.49. The van der Waals surface area contributed by atoms with Crippen LogP contribution in [0.3, 0.4) is 0 Å². The lowest BCUT2D eigenvalue weighted by molar-refractivity contribution is -0.141. The zero-order valence-electron chi connectivity index (χ0n) is 17.8. The quantitative estimate of drug-likeness (QED) is 0.457. The largest absolute Gasteiger partial charge is 0.406 e. The van der Waals surface area contributed by atoms with Gasteiger partial charge in [0.1, 0.15) is 12.4 Å². The SMILES string of the molecule is O=C(CSc1nnc(N2CCOCC2)n1CC(F)(F)F)N1CCN(c2ccccc2F)CC1. The van der Waals surface area contributed by atoms with Crippen molar-refractivity contribution < 1.29 is 27.1 Å². The lowest BCUT2D eigenvalue weighted by Gasteiger charge is -2.36. The third-order valence-corrected chi connectivity index (χ3v) is 6.43. The first-order valence-electron chi connectivity index (χ1n) is 10.5. The van der Waals surface area contributed by atoms with Crippen LogP contribution in [0.4, 0.5) is 29.2 Å². The molecule has 0 saturated carbocycles. The van der Waals surface area contributed by atoms with Crippen molar-refractivity contribution in [2.24, 2.45) is 0 Å². The van der Waals surface area contributed by atoms with Crippen molar-refractivity contribution >= 4 is 29.3 Å². The van der Waals surface area contributed by atoms with E-state index in [1.54, 1.807) is 28.0 Å². The summed E-state index contributed by atoms with van der Waals surface area (Å²) in [5.41, 5.74) is 0.495. The Morgan fingerprint density at radius 2 is 1.70 bits per heavy atom. The summed E-state index contributed by atoms with van der Waals surface area (Å²) in [6.45, 7) is 2.18. The number of ether oxygens (including phenoxy) is 1. The van der Waals surface area contributed by atoms with E-state index in [0.717, 1.165) is 16.3 Å². The Morgan fingerprint density at radius 3 is 2.36 bits per heavy atom. The number of halogens is 4. The summed E-state index contributed by atoms with van der Waals surface area (Å²) >= 11 is 0.941. The minimum absolute atomic E-state index is 0.0483. The highest BCUT2D eigenvalue weighted by Crippen LogP contribution is 2.28. The molecular formula is C20H24F4N6O2S. The van der Waals surface area contributed by atoms with Gasteiger partial charge in [-0.3, -0.25) is 9.36 Å². The van der Waals surface area contributed by atoms with E-state index in [2.05, 4.69) is 10.2 Å². The number of aromatic nitrogens is 3. The van der Waals surface area contributed by atoms with Crippen molar-refractivity contribution in [1.82, 2.24) is 19.7 Å². The Balaban J connectivity index is 1.37. The molecule has 1 aromatic carbocycles. The van der Waals surface area contributed by atoms with Crippen LogP contribution in [0.5, 0.6) is 0 Å². The number of benzene rings is 1. The fraction of sp³-hybridized carbons (Fsp3) is 0.550. The normalized spacial score (nSPS) is 17.5. The monoisotopic (exact) mass is 488 g/mol. The van der Waals surface area contributed by atoms with Gasteiger partial charge in [-0.15, -0.1) is 10.2 Å². The molecule has 0 spiro atoms. The molecule has 2 aliphatic rings. The molecule has 3 heterocycles. The van der Waals surface area contributed by atoms with Crippen molar-refractivity contribution in [3.05, 3.63) is 30.1 Å². The zero-order chi connectivity index (χ0) is 23.4. The molecule has 33 heavy (non-hydrogen) atoms. The topological polar surface area (TPSA) is 66.7 Å². The molecule has 8 nitrogen and oxygen atoms in total. The second-order valence-electron chi connectivity index (χ2n) is 7.69. The number of morpholine rings is 1. The van der Waals surface area contributed by atoms with E-state index in [4.69, 9.17) is 4.74 Å². The van der Waals surface area contributed by atoms with Gasteiger partial charge in [0, 0.05) is 39.3 Å². The number of alkyl halides is 3. The molecule has 4 rings (SSSR count). The molecule has 2 aliphatic heterocycles. The van der Waals surface area contributed by atoms with E-state index < -0.39 is 12.7 Å². The second kappa shape index (κ2) is 10.2. The summed E-state index contributed by atoms with van der Waals surface area (Å²) in [4.78, 5) is 17.9. The van der Waals surface area contributed by atoms with Crippen LogP contribution < -0.4 is 9.80 Å². The Hall–Kier alpha value is -2.54. The summed E-state index contributed by atoms with van der Waals surface area (Å²) in [6, 6.07) is 6.47. The van der Waals surface area contributed by atoms with Gasteiger partial charge in [0.2, 0.25) is 11.9 Å². The third-order valence-electron chi connectivity index (χ3n) is 5.48. The predicted molar refractivity (Wildman–Crippen MR) is 115 cm³/mol. The molecule has 0 unspecified atom stereocenters. The van der Waals surface area contributed by atoms with Crippen LogP contribution in [0.15, 0.2) is 29.4 Å². The van der Waals surface area contributed by atoms with Gasteiger partial charge in [0.15, 0.2) is 5.16 Å². The minimum Gasteiger partial charge on any atom is -0.378 e. The lowest BCUT2D eigenvalue weighted by atomic mass is 10.2. The number of anilines is 2. The van der Waals surface area contributed by atoms with Crippen molar-refractivity contribution in [2.45, 2.75) is 17.9 Å². The summed E-state index contributed by atoms with van der Waals surface area (Å²) in [7, 11) is 0. The number of para-hydroxylation sites is 1. The number of nitrogens with zero attached hydrogens (tertiary/aromatic N) is 6. The van der Waals surface area contributed by atoms with E-state index in [0.29, 0.717) is 58.2 Å². The second-order valence-corrected chi connectivity index (χ2v) is 8.63. The Morgan fingerprint density at radius 1 is 1.00 bits per heavy atom. The van der Waals surface area contributed by atoms with E-state index in [1.165, 1.54) is 6.07 Å². The number of carbonyl (C=O) groups excluding carboxylic acids is 1. The van der Waals surface area contributed by atoms with Crippen LogP contribution in [0, 0.1) is 5.82 Å². The molecule has 2 fully saturated rings. The first-order valence-corrected chi connectivity index (χ1v) is 11.5. The summed E-state index contributed by atoms with van der Waals surface area (Å²) in [6.07, 6.45) is -4.45. The highest BCUT2D eigenvalue weighted by molar-refractivity contribution is 7.99. The average Bonchev–Trinajstić information content (AvgIpc) is 3.19. The van der Waals surface area contributed by atoms with Gasteiger partial charge in [0.25, 0.3) is 0 Å². The molecule has 13 heteroatoms. The predicted octanol–water partition coefficient (Wildman–Crippen LogP) is 2.26. The van der Waals surface area contributed by atoms with Gasteiger partial charge in [-0.25, -0.2) is 4.39 Å². The Labute approximate surface area is 192 Å². The molecule has 0 N–H and O–H groups in total. The summed E-state index contributed by atoms with van der Waals surface area (Å²) < 4.78 is 59.9. The third kappa shape index (κ3) is 5.88. The van der Waals surface area contributed by atoms with E-state index in [9.17, 15) is 22.4 Å². The molecule has 0 radical (unpaired) electrons. The summed E-state index contributed by atoms with van der Waals surface area (Å²) in [5, 5.41) is 7.94. The van der Waals surface area contributed by atoms with Gasteiger partial charge in [-0.2, -0.15) is 13.2 Å². The first kappa shape index (κ1) is 23.6. The van der Waals surface area contributed by atoms with Crippen LogP contribution in [0.1, 0.15) is 0 Å². The molecule has 0 atom stereocenters. The smallest absolute Gasteiger partial charge is 0.378 e. The molecule has 2 saturated heterocycles. The van der Waals surface area contributed by atoms with Crippen LogP contribution in [-0.4, -0.2) is 90.0 Å². The van der Waals surface area contributed by atoms with Crippen LogP contribution >= 0.6 is 11.8 Å². The number of amides is 1. The maximum atomic E-state index is 14.0. The molecule has 0 bridgehead atoms. The van der Waals surface area contributed by atoms with Crippen molar-refractivity contribution in [1.29, 1.82) is 0 Å². The van der Waals surface area contributed by atoms with E-state index in [-0.39, 0.29) is 28.6 Å². The first-order chi connectivity index (χ1) is 15.8. The van der Waals surface area contributed by atoms with Crippen LogP contribution in [0.2, 0.25) is 0 Å². The van der Waals surface area contributed by atoms with Crippen molar-refractivity contribution in [3.63, 3.8) is 0 Å². The molecule has 0 aliphatic carbocycles. The standard InChI is InChI=1S/C20H24F4N6O2S/c21-15-3-1-2-4-16(15)27-5-7-28(8-6-27)17(31)13-33-19-26-25-18(29-9-11-32-12-10-29)30(19)14-20(22,23)24/h1-4H,5-14H2. The molecular weight excluding hydrogens is 464 g/mol. The Bertz CT molecular complexity index is 958. The van der Waals surface area contributed by atoms with Gasteiger partial charge in [0.05, 0.1) is 24.7 Å². The average molecular weight is 489 g/mol.